The largest absolute Gasteiger partial charge is 0.547 e. The number of para-hydroxylation sites is 1. The number of urea groups is 1. The molecule has 2 atom stereocenters. The maximum atomic E-state index is 13.2. The van der Waals surface area contributed by atoms with Gasteiger partial charge in [-0.1, -0.05) is 12.1 Å². The number of carboxylic acids is 1. The zero-order chi connectivity index (χ0) is 26.7. The molecule has 1 saturated heterocycles. The predicted octanol–water partition coefficient (Wildman–Crippen LogP) is -1.44. The molecular formula is C22H25BN6O8. The summed E-state index contributed by atoms with van der Waals surface area (Å²) in [5.74, 6) is -4.66. The van der Waals surface area contributed by atoms with Crippen molar-refractivity contribution in [3.05, 3.63) is 47.5 Å². The quantitative estimate of drug-likeness (QED) is 0.218. The van der Waals surface area contributed by atoms with Gasteiger partial charge in [-0.15, -0.1) is 0 Å². The van der Waals surface area contributed by atoms with E-state index in [1.807, 2.05) is 0 Å². The number of nitrogens with one attached hydrogen (secondary N) is 3. The number of fused-ring (bicyclic) bond motifs is 1. The fraction of sp³-hybridized carbons (Fsp3) is 0.364. The molecule has 0 spiro atoms. The van der Waals surface area contributed by atoms with Crippen LogP contribution in [0.5, 0.6) is 5.75 Å². The van der Waals surface area contributed by atoms with Crippen molar-refractivity contribution in [1.82, 2.24) is 30.4 Å². The zero-order valence-electron chi connectivity index (χ0n) is 19.8. The highest BCUT2D eigenvalue weighted by atomic mass is 16.5. The molecule has 194 valence electrons. The van der Waals surface area contributed by atoms with Gasteiger partial charge in [0.1, 0.15) is 11.8 Å². The second-order valence-corrected chi connectivity index (χ2v) is 8.53. The third-order valence-corrected chi connectivity index (χ3v) is 6.20. The summed E-state index contributed by atoms with van der Waals surface area (Å²) in [6.45, 7) is 2.19. The average Bonchev–Trinajstić information content (AvgIpc) is 3.38. The molecule has 14 nitrogen and oxygen atoms in total. The number of carbonyl (C=O) groups excluding carboxylic acids is 4. The maximum Gasteiger partial charge on any atom is 0.547 e. The Morgan fingerprint density at radius 1 is 1.27 bits per heavy atom. The second-order valence-electron chi connectivity index (χ2n) is 8.53. The summed E-state index contributed by atoms with van der Waals surface area (Å²) in [4.78, 5) is 71.1. The van der Waals surface area contributed by atoms with E-state index in [0.717, 1.165) is 4.90 Å². The first-order valence-corrected chi connectivity index (χ1v) is 11.6. The molecule has 5 N–H and O–H groups in total. The normalized spacial score (nSPS) is 18.1. The van der Waals surface area contributed by atoms with E-state index >= 15 is 0 Å². The predicted molar refractivity (Wildman–Crippen MR) is 126 cm³/mol. The molecule has 0 radical (unpaired) electrons. The minimum atomic E-state index is -1.56. The van der Waals surface area contributed by atoms with Crippen molar-refractivity contribution in [1.29, 1.82) is 0 Å². The highest BCUT2D eigenvalue weighted by molar-refractivity contribution is 6.47. The molecule has 0 saturated carbocycles. The van der Waals surface area contributed by atoms with Crippen LogP contribution >= 0.6 is 0 Å². The van der Waals surface area contributed by atoms with Gasteiger partial charge in [0.2, 0.25) is 5.91 Å². The van der Waals surface area contributed by atoms with Gasteiger partial charge in [0, 0.05) is 32.3 Å². The Bertz CT molecular complexity index is 1220. The lowest BCUT2D eigenvalue weighted by Crippen LogP contribution is -2.62. The van der Waals surface area contributed by atoms with E-state index in [0.29, 0.717) is 17.8 Å². The van der Waals surface area contributed by atoms with E-state index in [4.69, 9.17) is 4.65 Å². The number of aromatic amines is 1. The summed E-state index contributed by atoms with van der Waals surface area (Å²) in [5, 5.41) is 24.9. The van der Waals surface area contributed by atoms with Crippen molar-refractivity contribution in [3.63, 3.8) is 0 Å². The molecule has 1 aromatic heterocycles. The van der Waals surface area contributed by atoms with E-state index < -0.39 is 48.8 Å². The van der Waals surface area contributed by atoms with Crippen LogP contribution in [0, 0.1) is 0 Å². The standard InChI is InChI=1S/C22H25BN6O8/c1-2-28-6-7-29(20(32)19(28)31)22(35)26-15(9-13-10-24-11-25-13)18(30)27-16-8-12-4-3-5-14(21(33)34)17(12)37-23(16)36/h3-5,10-11,15-16,36H,2,6-9H2,1H3,(H,24,25)(H,26,35)(H,27,30)(H,33,34)/t15-,16+/m1/s1. The van der Waals surface area contributed by atoms with E-state index in [2.05, 4.69) is 20.6 Å². The van der Waals surface area contributed by atoms with Gasteiger partial charge in [-0.3, -0.25) is 19.3 Å². The molecule has 37 heavy (non-hydrogen) atoms. The number of imide groups is 1. The van der Waals surface area contributed by atoms with Crippen molar-refractivity contribution in [2.24, 2.45) is 0 Å². The number of amides is 5. The first-order chi connectivity index (χ1) is 17.7. The molecule has 2 aliphatic heterocycles. The fourth-order valence-corrected chi connectivity index (χ4v) is 4.22. The minimum absolute atomic E-state index is 0.0174. The molecule has 15 heteroatoms. The summed E-state index contributed by atoms with van der Waals surface area (Å²) in [7, 11) is -1.56. The van der Waals surface area contributed by atoms with Crippen LogP contribution in [0.1, 0.15) is 28.5 Å². The van der Waals surface area contributed by atoms with Gasteiger partial charge < -0.3 is 35.3 Å². The molecule has 1 fully saturated rings. The van der Waals surface area contributed by atoms with Gasteiger partial charge in [0.15, 0.2) is 0 Å². The van der Waals surface area contributed by atoms with Crippen LogP contribution in [0.3, 0.4) is 0 Å². The summed E-state index contributed by atoms with van der Waals surface area (Å²) >= 11 is 0. The summed E-state index contributed by atoms with van der Waals surface area (Å²) < 4.78 is 5.41. The Kier molecular flexibility index (Phi) is 7.43. The third kappa shape index (κ3) is 5.40. The van der Waals surface area contributed by atoms with Crippen LogP contribution in [0.2, 0.25) is 0 Å². The van der Waals surface area contributed by atoms with Crippen LogP contribution in [0.4, 0.5) is 4.79 Å². The van der Waals surface area contributed by atoms with Gasteiger partial charge in [-0.25, -0.2) is 14.6 Å². The monoisotopic (exact) mass is 512 g/mol. The Labute approximate surface area is 211 Å². The number of piperazine rings is 1. The van der Waals surface area contributed by atoms with Crippen LogP contribution in [0.25, 0.3) is 0 Å². The number of H-pyrrole nitrogens is 1. The number of aromatic carboxylic acids is 1. The van der Waals surface area contributed by atoms with Gasteiger partial charge in [0.25, 0.3) is 0 Å². The maximum absolute atomic E-state index is 13.2. The lowest BCUT2D eigenvalue weighted by molar-refractivity contribution is -0.153. The number of aromatic nitrogens is 2. The molecule has 5 amide bonds. The Balaban J connectivity index is 1.49. The molecular weight excluding hydrogens is 487 g/mol. The molecule has 1 aromatic carbocycles. The summed E-state index contributed by atoms with van der Waals surface area (Å²) in [5.41, 5.74) is 0.796. The molecule has 0 aliphatic carbocycles. The van der Waals surface area contributed by atoms with E-state index in [-0.39, 0.29) is 37.2 Å². The molecule has 0 unspecified atom stereocenters. The Hall–Kier alpha value is -4.40. The number of imidazole rings is 1. The van der Waals surface area contributed by atoms with Crippen LogP contribution in [-0.4, -0.2) is 98.4 Å². The topological polar surface area (TPSA) is 194 Å². The van der Waals surface area contributed by atoms with Crippen molar-refractivity contribution < 1.29 is 38.8 Å². The van der Waals surface area contributed by atoms with E-state index in [1.165, 1.54) is 29.6 Å². The number of hydrogen-bond donors (Lipinski definition) is 5. The highest BCUT2D eigenvalue weighted by Crippen LogP contribution is 2.30. The van der Waals surface area contributed by atoms with Gasteiger partial charge in [0.05, 0.1) is 23.5 Å². The van der Waals surface area contributed by atoms with Crippen molar-refractivity contribution in [3.8, 4) is 5.75 Å². The third-order valence-electron chi connectivity index (χ3n) is 6.20. The molecule has 4 rings (SSSR count). The van der Waals surface area contributed by atoms with Gasteiger partial charge >= 0.3 is 30.9 Å². The van der Waals surface area contributed by atoms with E-state index in [1.54, 1.807) is 13.0 Å². The smallest absolute Gasteiger partial charge is 0.534 e. The molecule has 0 bridgehead atoms. The molecule has 2 aliphatic rings. The molecule has 2 aromatic rings. The van der Waals surface area contributed by atoms with Crippen molar-refractivity contribution in [2.45, 2.75) is 31.7 Å². The zero-order valence-corrected chi connectivity index (χ0v) is 19.8. The lowest BCUT2D eigenvalue weighted by Gasteiger charge is -2.33. The number of carboxylic acid groups (broad SMARTS) is 1. The first kappa shape index (κ1) is 25.7. The number of benzene rings is 1. The average molecular weight is 512 g/mol. The van der Waals surface area contributed by atoms with Gasteiger partial charge in [-0.05, 0) is 25.0 Å². The van der Waals surface area contributed by atoms with Crippen LogP contribution in [-0.2, 0) is 27.2 Å². The number of nitrogens with zero attached hydrogens (tertiary/aromatic N) is 3. The number of carbonyl (C=O) groups is 5. The number of hydrogen-bond acceptors (Lipinski definition) is 8. The molecule has 3 heterocycles. The van der Waals surface area contributed by atoms with E-state index in [9.17, 15) is 34.1 Å². The van der Waals surface area contributed by atoms with Crippen molar-refractivity contribution in [2.75, 3.05) is 19.6 Å². The number of rotatable bonds is 7. The Morgan fingerprint density at radius 2 is 2.05 bits per heavy atom. The fourth-order valence-electron chi connectivity index (χ4n) is 4.22. The summed E-state index contributed by atoms with van der Waals surface area (Å²) in [6.07, 6.45) is 2.94. The van der Waals surface area contributed by atoms with Crippen molar-refractivity contribution >= 4 is 36.8 Å². The first-order valence-electron chi connectivity index (χ1n) is 11.6. The van der Waals surface area contributed by atoms with Gasteiger partial charge in [-0.2, -0.15) is 0 Å². The van der Waals surface area contributed by atoms with Crippen LogP contribution in [0.15, 0.2) is 30.7 Å². The number of likely N-dealkylation sites (N-methyl/N-ethyl adjacent to an activating group) is 1. The second kappa shape index (κ2) is 10.7. The Morgan fingerprint density at radius 3 is 2.73 bits per heavy atom. The lowest BCUT2D eigenvalue weighted by atomic mass is 9.72. The minimum Gasteiger partial charge on any atom is -0.534 e. The van der Waals surface area contributed by atoms with Crippen LogP contribution < -0.4 is 15.3 Å². The SMILES string of the molecule is CCN1CCN(C(=O)N[C@H](Cc2c[nH]cn2)C(=O)N[C@H]2Cc3cccc(C(=O)O)c3OB2O)C(=O)C1=O. The highest BCUT2D eigenvalue weighted by Gasteiger charge is 2.40. The summed E-state index contributed by atoms with van der Waals surface area (Å²) in [6, 6.07) is 2.35.